The van der Waals surface area contributed by atoms with Gasteiger partial charge in [0.25, 0.3) is 0 Å². The molecule has 2 N–H and O–H groups in total. The topological polar surface area (TPSA) is 55.6 Å². The Balaban J connectivity index is 2.84. The van der Waals surface area contributed by atoms with Gasteiger partial charge in [-0.2, -0.15) is 0 Å². The zero-order valence-electron chi connectivity index (χ0n) is 13.0. The third kappa shape index (κ3) is 6.12. The van der Waals surface area contributed by atoms with E-state index >= 15 is 0 Å². The summed E-state index contributed by atoms with van der Waals surface area (Å²) in [6.45, 7) is 5.12. The quantitative estimate of drug-likeness (QED) is 0.750. The molecule has 1 amide bonds. The van der Waals surface area contributed by atoms with Crippen LogP contribution in [0.2, 0.25) is 0 Å². The molecular formula is C16H24N2O2S. The number of para-hydroxylation sites is 1. The van der Waals surface area contributed by atoms with E-state index in [0.717, 1.165) is 11.3 Å². The second-order valence-corrected chi connectivity index (χ2v) is 5.97. The van der Waals surface area contributed by atoms with Crippen LogP contribution in [-0.4, -0.2) is 29.5 Å². The van der Waals surface area contributed by atoms with Crippen LogP contribution in [0.25, 0.3) is 0 Å². The number of ether oxygens (including phenoxy) is 1. The molecule has 0 saturated carbocycles. The number of nitrogens with two attached hydrogens (primary N) is 1. The van der Waals surface area contributed by atoms with Gasteiger partial charge < -0.3 is 15.4 Å². The first kappa shape index (κ1) is 17.4. The number of carbonyl (C=O) groups is 1. The molecule has 0 spiro atoms. The number of methoxy groups -OCH3 is 1. The highest BCUT2D eigenvalue weighted by atomic mass is 32.1. The molecule has 0 aliphatic heterocycles. The van der Waals surface area contributed by atoms with E-state index in [-0.39, 0.29) is 5.91 Å². The summed E-state index contributed by atoms with van der Waals surface area (Å²) in [5, 5.41) is 0. The maximum atomic E-state index is 12.4. The Morgan fingerprint density at radius 1 is 1.38 bits per heavy atom. The average molecular weight is 308 g/mol. The molecule has 0 aliphatic carbocycles. The van der Waals surface area contributed by atoms with Crippen LogP contribution in [0, 0.1) is 5.92 Å². The minimum absolute atomic E-state index is 0.118. The lowest BCUT2D eigenvalue weighted by Crippen LogP contribution is -2.34. The molecule has 0 radical (unpaired) electrons. The molecule has 116 valence electrons. The highest BCUT2D eigenvalue weighted by Crippen LogP contribution is 2.20. The first-order valence-corrected chi connectivity index (χ1v) is 7.52. The van der Waals surface area contributed by atoms with Crippen molar-refractivity contribution in [2.45, 2.75) is 33.2 Å². The number of thiocarbonyl (C=S) groups is 1. The van der Waals surface area contributed by atoms with Crippen LogP contribution >= 0.6 is 12.2 Å². The van der Waals surface area contributed by atoms with Crippen molar-refractivity contribution in [2.24, 2.45) is 11.7 Å². The summed E-state index contributed by atoms with van der Waals surface area (Å²) in [4.78, 5) is 14.6. The molecule has 0 bridgehead atoms. The summed E-state index contributed by atoms with van der Waals surface area (Å²) in [6.07, 6.45) is 1.06. The van der Waals surface area contributed by atoms with E-state index in [0.29, 0.717) is 36.8 Å². The zero-order valence-corrected chi connectivity index (χ0v) is 13.8. The number of hydrogen-bond donors (Lipinski definition) is 1. The third-order valence-electron chi connectivity index (χ3n) is 3.12. The largest absolute Gasteiger partial charge is 0.496 e. The van der Waals surface area contributed by atoms with Crippen LogP contribution in [0.1, 0.15) is 32.3 Å². The van der Waals surface area contributed by atoms with Gasteiger partial charge in [-0.1, -0.05) is 44.3 Å². The molecule has 21 heavy (non-hydrogen) atoms. The molecule has 1 aromatic carbocycles. The minimum atomic E-state index is 0.118. The van der Waals surface area contributed by atoms with Crippen molar-refractivity contribution in [1.29, 1.82) is 0 Å². The number of nitrogens with zero attached hydrogens (tertiary/aromatic N) is 1. The van der Waals surface area contributed by atoms with Gasteiger partial charge in [0, 0.05) is 31.5 Å². The second-order valence-electron chi connectivity index (χ2n) is 5.44. The zero-order chi connectivity index (χ0) is 15.8. The lowest BCUT2D eigenvalue weighted by atomic mass is 10.1. The van der Waals surface area contributed by atoms with Crippen LogP contribution in [0.3, 0.4) is 0 Å². The minimum Gasteiger partial charge on any atom is -0.496 e. The van der Waals surface area contributed by atoms with E-state index in [2.05, 4.69) is 0 Å². The highest BCUT2D eigenvalue weighted by Gasteiger charge is 2.17. The fraction of sp³-hybridized carbons (Fsp3) is 0.500. The van der Waals surface area contributed by atoms with Gasteiger partial charge in [-0.25, -0.2) is 0 Å². The molecule has 5 heteroatoms. The summed E-state index contributed by atoms with van der Waals surface area (Å²) in [5.74, 6) is 1.23. The van der Waals surface area contributed by atoms with Crippen molar-refractivity contribution < 1.29 is 9.53 Å². The smallest absolute Gasteiger partial charge is 0.223 e. The van der Waals surface area contributed by atoms with Gasteiger partial charge in [-0.3, -0.25) is 4.79 Å². The predicted octanol–water partition coefficient (Wildman–Crippen LogP) is 2.75. The van der Waals surface area contributed by atoms with Crippen LogP contribution in [0.5, 0.6) is 5.75 Å². The SMILES string of the molecule is COc1ccccc1CN(CCC(N)=S)C(=O)CC(C)C. The van der Waals surface area contributed by atoms with E-state index in [4.69, 9.17) is 22.7 Å². The molecule has 1 rings (SSSR count). The number of amides is 1. The monoisotopic (exact) mass is 308 g/mol. The maximum Gasteiger partial charge on any atom is 0.223 e. The predicted molar refractivity (Wildman–Crippen MR) is 89.3 cm³/mol. The molecular weight excluding hydrogens is 284 g/mol. The van der Waals surface area contributed by atoms with Gasteiger partial charge in [0.15, 0.2) is 0 Å². The average Bonchev–Trinajstić information content (AvgIpc) is 2.42. The van der Waals surface area contributed by atoms with Crippen LogP contribution in [0.15, 0.2) is 24.3 Å². The number of benzene rings is 1. The number of hydrogen-bond acceptors (Lipinski definition) is 3. The molecule has 0 fully saturated rings. The summed E-state index contributed by atoms with van der Waals surface area (Å²) < 4.78 is 5.34. The van der Waals surface area contributed by atoms with Crippen molar-refractivity contribution in [2.75, 3.05) is 13.7 Å². The van der Waals surface area contributed by atoms with E-state index in [9.17, 15) is 4.79 Å². The molecule has 4 nitrogen and oxygen atoms in total. The fourth-order valence-corrected chi connectivity index (χ4v) is 2.15. The fourth-order valence-electron chi connectivity index (χ4n) is 2.05. The molecule has 0 saturated heterocycles. The van der Waals surface area contributed by atoms with Gasteiger partial charge in [0.05, 0.1) is 12.1 Å². The summed E-state index contributed by atoms with van der Waals surface area (Å²) >= 11 is 4.92. The van der Waals surface area contributed by atoms with Crippen molar-refractivity contribution in [3.8, 4) is 5.75 Å². The van der Waals surface area contributed by atoms with Gasteiger partial charge >= 0.3 is 0 Å². The Labute approximate surface area is 132 Å². The van der Waals surface area contributed by atoms with E-state index < -0.39 is 0 Å². The molecule has 0 heterocycles. The third-order valence-corrected chi connectivity index (χ3v) is 3.32. The second kappa shape index (κ2) is 8.62. The van der Waals surface area contributed by atoms with Crippen molar-refractivity contribution in [3.05, 3.63) is 29.8 Å². The number of carbonyl (C=O) groups excluding carboxylic acids is 1. The molecule has 0 aliphatic rings. The van der Waals surface area contributed by atoms with E-state index in [1.807, 2.05) is 38.1 Å². The Morgan fingerprint density at radius 2 is 2.05 bits per heavy atom. The van der Waals surface area contributed by atoms with Gasteiger partial charge in [0.1, 0.15) is 5.75 Å². The van der Waals surface area contributed by atoms with Crippen LogP contribution in [0.4, 0.5) is 0 Å². The Kier molecular flexibility index (Phi) is 7.15. The Bertz CT molecular complexity index is 489. The standard InChI is InChI=1S/C16H24N2O2S/c1-12(2)10-16(19)18(9-8-15(17)21)11-13-6-4-5-7-14(13)20-3/h4-7,12H,8-11H2,1-3H3,(H2,17,21). The van der Waals surface area contributed by atoms with Gasteiger partial charge in [-0.15, -0.1) is 0 Å². The van der Waals surface area contributed by atoms with Crippen LogP contribution in [-0.2, 0) is 11.3 Å². The van der Waals surface area contributed by atoms with Crippen LogP contribution < -0.4 is 10.5 Å². The summed E-state index contributed by atoms with van der Waals surface area (Å²) in [6, 6.07) is 7.72. The van der Waals surface area contributed by atoms with Crippen molar-refractivity contribution in [1.82, 2.24) is 4.90 Å². The molecule has 0 unspecified atom stereocenters. The normalized spacial score (nSPS) is 10.5. The van der Waals surface area contributed by atoms with Crippen molar-refractivity contribution >= 4 is 23.1 Å². The Morgan fingerprint density at radius 3 is 2.62 bits per heavy atom. The molecule has 0 aromatic heterocycles. The first-order chi connectivity index (χ1) is 9.93. The van der Waals surface area contributed by atoms with Gasteiger partial charge in [-0.05, 0) is 12.0 Å². The lowest BCUT2D eigenvalue weighted by molar-refractivity contribution is -0.132. The lowest BCUT2D eigenvalue weighted by Gasteiger charge is -2.24. The molecule has 0 atom stereocenters. The summed E-state index contributed by atoms with van der Waals surface area (Å²) in [7, 11) is 1.63. The van der Waals surface area contributed by atoms with Gasteiger partial charge in [0.2, 0.25) is 5.91 Å². The Hall–Kier alpha value is -1.62. The van der Waals surface area contributed by atoms with E-state index in [1.165, 1.54) is 0 Å². The highest BCUT2D eigenvalue weighted by molar-refractivity contribution is 7.80. The van der Waals surface area contributed by atoms with E-state index in [1.54, 1.807) is 12.0 Å². The molecule has 1 aromatic rings. The first-order valence-electron chi connectivity index (χ1n) is 7.12. The summed E-state index contributed by atoms with van der Waals surface area (Å²) in [5.41, 5.74) is 6.55. The maximum absolute atomic E-state index is 12.4. The van der Waals surface area contributed by atoms with Crippen molar-refractivity contribution in [3.63, 3.8) is 0 Å². The number of rotatable bonds is 8.